The predicted molar refractivity (Wildman–Crippen MR) is 49.7 cm³/mol. The lowest BCUT2D eigenvalue weighted by Gasteiger charge is -1.90. The molecule has 2 aromatic heterocycles. The van der Waals surface area contributed by atoms with Crippen LogP contribution in [0.1, 0.15) is 15.9 Å². The fourth-order valence-corrected chi connectivity index (χ4v) is 1.75. The summed E-state index contributed by atoms with van der Waals surface area (Å²) in [6, 6.07) is 7.22. The van der Waals surface area contributed by atoms with Crippen LogP contribution in [0.3, 0.4) is 0 Å². The van der Waals surface area contributed by atoms with Gasteiger partial charge in [-0.25, -0.2) is 9.97 Å². The summed E-state index contributed by atoms with van der Waals surface area (Å²) in [6.07, 6.45) is 3.50. The molecule has 2 heterocycles. The number of carbonyl (C=O) groups excluding carboxylic acids is 1. The van der Waals surface area contributed by atoms with Gasteiger partial charge < -0.3 is 0 Å². The Bertz CT molecular complexity index is 487. The Kier molecular flexibility index (Phi) is 1.31. The monoisotopic (exact) mass is 183 g/mol. The second kappa shape index (κ2) is 2.48. The number of nitrogens with one attached hydrogen (secondary N) is 1. The first-order valence-electron chi connectivity index (χ1n) is 4.39. The summed E-state index contributed by atoms with van der Waals surface area (Å²) in [6.45, 7) is 0. The van der Waals surface area contributed by atoms with Crippen LogP contribution in [0.2, 0.25) is 0 Å². The molecular formula is C11H7N2O+. The molecule has 1 N–H and O–H groups in total. The van der Waals surface area contributed by atoms with E-state index in [0.717, 1.165) is 11.4 Å². The van der Waals surface area contributed by atoms with Gasteiger partial charge in [-0.2, -0.15) is 0 Å². The topological polar surface area (TPSA) is 44.1 Å². The third kappa shape index (κ3) is 0.785. The molecule has 0 aliphatic heterocycles. The van der Waals surface area contributed by atoms with Crippen LogP contribution in [0.5, 0.6) is 0 Å². The standard InChI is InChI=1S/C11H6N2O/c14-11-7-3-1-5-12-9(7)10-8(11)4-2-6-13-10/h1-6H/p+1. The van der Waals surface area contributed by atoms with Crippen molar-refractivity contribution in [2.75, 3.05) is 0 Å². The van der Waals surface area contributed by atoms with Crippen molar-refractivity contribution in [1.82, 2.24) is 4.98 Å². The largest absolute Gasteiger partial charge is 0.288 e. The minimum absolute atomic E-state index is 0.0555. The molecule has 0 saturated heterocycles. The second-order valence-corrected chi connectivity index (χ2v) is 3.19. The van der Waals surface area contributed by atoms with Crippen molar-refractivity contribution in [3.05, 3.63) is 47.8 Å². The van der Waals surface area contributed by atoms with E-state index in [0.29, 0.717) is 11.1 Å². The van der Waals surface area contributed by atoms with E-state index >= 15 is 0 Å². The summed E-state index contributed by atoms with van der Waals surface area (Å²) >= 11 is 0. The third-order valence-electron chi connectivity index (χ3n) is 2.39. The van der Waals surface area contributed by atoms with Gasteiger partial charge in [-0.15, -0.1) is 0 Å². The molecule has 0 unspecified atom stereocenters. The van der Waals surface area contributed by atoms with Crippen LogP contribution in [-0.2, 0) is 0 Å². The van der Waals surface area contributed by atoms with Crippen LogP contribution in [0.25, 0.3) is 11.4 Å². The van der Waals surface area contributed by atoms with Crippen molar-refractivity contribution < 1.29 is 9.78 Å². The van der Waals surface area contributed by atoms with Gasteiger partial charge in [0.05, 0.1) is 11.1 Å². The van der Waals surface area contributed by atoms with E-state index in [1.807, 2.05) is 12.1 Å². The van der Waals surface area contributed by atoms with E-state index in [-0.39, 0.29) is 5.78 Å². The number of fused-ring (bicyclic) bond motifs is 3. The van der Waals surface area contributed by atoms with Crippen LogP contribution in [0.4, 0.5) is 0 Å². The molecule has 2 aromatic rings. The van der Waals surface area contributed by atoms with Crippen LogP contribution < -0.4 is 4.98 Å². The highest BCUT2D eigenvalue weighted by molar-refractivity contribution is 6.19. The number of carbonyl (C=O) groups is 1. The number of nitrogens with zero attached hydrogens (tertiary/aromatic N) is 1. The quantitative estimate of drug-likeness (QED) is 0.524. The molecule has 0 saturated carbocycles. The van der Waals surface area contributed by atoms with Gasteiger partial charge in [-0.1, -0.05) is 0 Å². The molecule has 66 valence electrons. The minimum Gasteiger partial charge on any atom is -0.288 e. The van der Waals surface area contributed by atoms with Gasteiger partial charge in [0, 0.05) is 12.3 Å². The Balaban J connectivity index is 2.42. The van der Waals surface area contributed by atoms with E-state index in [2.05, 4.69) is 9.97 Å². The zero-order valence-electron chi connectivity index (χ0n) is 7.32. The fourth-order valence-electron chi connectivity index (χ4n) is 1.75. The van der Waals surface area contributed by atoms with Gasteiger partial charge in [0.1, 0.15) is 5.69 Å². The lowest BCUT2D eigenvalue weighted by molar-refractivity contribution is -0.364. The van der Waals surface area contributed by atoms with Gasteiger partial charge >= 0.3 is 0 Å². The van der Waals surface area contributed by atoms with E-state index < -0.39 is 0 Å². The first-order chi connectivity index (χ1) is 6.88. The number of ketones is 1. The zero-order chi connectivity index (χ0) is 9.54. The van der Waals surface area contributed by atoms with Crippen molar-refractivity contribution in [2.45, 2.75) is 0 Å². The summed E-state index contributed by atoms with van der Waals surface area (Å²) in [4.78, 5) is 19.1. The molecule has 3 rings (SSSR count). The van der Waals surface area contributed by atoms with E-state index in [1.54, 1.807) is 24.5 Å². The summed E-state index contributed by atoms with van der Waals surface area (Å²) in [7, 11) is 0. The average Bonchev–Trinajstić information content (AvgIpc) is 2.55. The zero-order valence-corrected chi connectivity index (χ0v) is 7.32. The lowest BCUT2D eigenvalue weighted by atomic mass is 10.1. The number of hydrogen-bond donors (Lipinski definition) is 0. The number of aromatic amines is 1. The molecule has 0 bridgehead atoms. The van der Waals surface area contributed by atoms with Crippen molar-refractivity contribution in [3.63, 3.8) is 0 Å². The first-order valence-corrected chi connectivity index (χ1v) is 4.39. The van der Waals surface area contributed by atoms with Crippen LogP contribution in [0.15, 0.2) is 36.7 Å². The van der Waals surface area contributed by atoms with Crippen LogP contribution in [0, 0.1) is 0 Å². The Hall–Kier alpha value is -2.03. The van der Waals surface area contributed by atoms with Gasteiger partial charge in [0.25, 0.3) is 0 Å². The normalized spacial score (nSPS) is 12.4. The predicted octanol–water partition coefficient (Wildman–Crippen LogP) is 1.11. The molecule has 1 aliphatic carbocycles. The smallest absolute Gasteiger partial charge is 0.241 e. The van der Waals surface area contributed by atoms with Gasteiger partial charge in [-0.05, 0) is 18.2 Å². The van der Waals surface area contributed by atoms with Gasteiger partial charge in [0.2, 0.25) is 11.5 Å². The second-order valence-electron chi connectivity index (χ2n) is 3.19. The highest BCUT2D eigenvalue weighted by atomic mass is 16.1. The number of aromatic nitrogens is 2. The maximum atomic E-state index is 11.8. The molecule has 3 heteroatoms. The third-order valence-corrected chi connectivity index (χ3v) is 2.39. The Labute approximate surface area is 80.4 Å². The maximum absolute atomic E-state index is 11.8. The highest BCUT2D eigenvalue weighted by Crippen LogP contribution is 2.30. The molecular weight excluding hydrogens is 176 g/mol. The Morgan fingerprint density at radius 3 is 2.93 bits per heavy atom. The summed E-state index contributed by atoms with van der Waals surface area (Å²) < 4.78 is 0. The number of pyridine rings is 2. The number of H-pyrrole nitrogens is 1. The van der Waals surface area contributed by atoms with Gasteiger partial charge in [0.15, 0.2) is 6.20 Å². The van der Waals surface area contributed by atoms with E-state index in [9.17, 15) is 4.79 Å². The summed E-state index contributed by atoms with van der Waals surface area (Å²) in [5.74, 6) is 0.0555. The molecule has 0 spiro atoms. The van der Waals surface area contributed by atoms with Crippen molar-refractivity contribution in [3.8, 4) is 11.4 Å². The van der Waals surface area contributed by atoms with Crippen LogP contribution >= 0.6 is 0 Å². The summed E-state index contributed by atoms with van der Waals surface area (Å²) in [5.41, 5.74) is 2.98. The first kappa shape index (κ1) is 7.38. The highest BCUT2D eigenvalue weighted by Gasteiger charge is 2.32. The molecule has 0 radical (unpaired) electrons. The number of hydrogen-bond acceptors (Lipinski definition) is 2. The lowest BCUT2D eigenvalue weighted by Crippen LogP contribution is -2.06. The maximum Gasteiger partial charge on any atom is 0.241 e. The molecule has 14 heavy (non-hydrogen) atoms. The fraction of sp³-hybridized carbons (Fsp3) is 0. The van der Waals surface area contributed by atoms with E-state index in [4.69, 9.17) is 0 Å². The Morgan fingerprint density at radius 1 is 1.14 bits per heavy atom. The molecule has 0 fully saturated rings. The SMILES string of the molecule is O=C1c2cccnc2-c2[nH+]cccc21. The molecule has 0 amide bonds. The van der Waals surface area contributed by atoms with Crippen LogP contribution in [-0.4, -0.2) is 10.8 Å². The number of rotatable bonds is 0. The minimum atomic E-state index is 0.0555. The van der Waals surface area contributed by atoms with E-state index in [1.165, 1.54) is 0 Å². The molecule has 0 atom stereocenters. The van der Waals surface area contributed by atoms with Crippen molar-refractivity contribution >= 4 is 5.78 Å². The van der Waals surface area contributed by atoms with Gasteiger partial charge in [-0.3, -0.25) is 4.79 Å². The molecule has 1 aliphatic rings. The molecule has 0 aromatic carbocycles. The summed E-state index contributed by atoms with van der Waals surface area (Å²) in [5, 5.41) is 0. The Morgan fingerprint density at radius 2 is 2.00 bits per heavy atom. The van der Waals surface area contributed by atoms with Crippen molar-refractivity contribution in [2.24, 2.45) is 0 Å². The average molecular weight is 183 g/mol. The molecule has 3 nitrogen and oxygen atoms in total. The van der Waals surface area contributed by atoms with Crippen molar-refractivity contribution in [1.29, 1.82) is 0 Å².